The molecule has 2 rings (SSSR count). The number of rotatable bonds is 3. The molecule has 0 amide bonds. The molecule has 0 fully saturated rings. The van der Waals surface area contributed by atoms with Crippen LogP contribution in [0.1, 0.15) is 11.1 Å². The first-order chi connectivity index (χ1) is 7.90. The standard InChI is InChI=1S/C15H12O/c16-12-15(14-9-5-2-6-10-14)11-13-7-3-1-4-8-13/h1-12H/b15-11+. The first kappa shape index (κ1) is 10.4. The van der Waals surface area contributed by atoms with E-state index < -0.39 is 0 Å². The number of benzene rings is 2. The summed E-state index contributed by atoms with van der Waals surface area (Å²) in [6.07, 6.45) is 2.78. The molecule has 0 unspecified atom stereocenters. The lowest BCUT2D eigenvalue weighted by Crippen LogP contribution is -1.85. The van der Waals surface area contributed by atoms with Gasteiger partial charge < -0.3 is 0 Å². The van der Waals surface area contributed by atoms with E-state index in [1.165, 1.54) is 0 Å². The lowest BCUT2D eigenvalue weighted by molar-refractivity contribution is -0.103. The first-order valence-corrected chi connectivity index (χ1v) is 5.17. The molecule has 0 aliphatic carbocycles. The SMILES string of the molecule is O=C/C(=C\c1ccccc1)c1ccccc1. The Bertz CT molecular complexity index is 483. The van der Waals surface area contributed by atoms with Crippen molar-refractivity contribution in [2.75, 3.05) is 0 Å². The van der Waals surface area contributed by atoms with Crippen LogP contribution in [-0.4, -0.2) is 6.29 Å². The predicted octanol–water partition coefficient (Wildman–Crippen LogP) is 3.43. The molecule has 2 aromatic carbocycles. The smallest absolute Gasteiger partial charge is 0.150 e. The molecule has 1 heteroatoms. The molecule has 1 nitrogen and oxygen atoms in total. The van der Waals surface area contributed by atoms with E-state index in [1.807, 2.05) is 66.7 Å². The minimum atomic E-state index is 0.701. The van der Waals surface area contributed by atoms with E-state index in [0.717, 1.165) is 17.4 Å². The highest BCUT2D eigenvalue weighted by atomic mass is 16.1. The van der Waals surface area contributed by atoms with Crippen LogP contribution in [0.4, 0.5) is 0 Å². The van der Waals surface area contributed by atoms with Crippen molar-refractivity contribution in [2.24, 2.45) is 0 Å². The third-order valence-corrected chi connectivity index (χ3v) is 2.36. The van der Waals surface area contributed by atoms with Gasteiger partial charge in [-0.15, -0.1) is 0 Å². The lowest BCUT2D eigenvalue weighted by atomic mass is 10.0. The fraction of sp³-hybridized carbons (Fsp3) is 0. The summed E-state index contributed by atoms with van der Waals surface area (Å²) in [5.41, 5.74) is 2.68. The highest BCUT2D eigenvalue weighted by molar-refractivity contribution is 6.13. The van der Waals surface area contributed by atoms with Crippen LogP contribution in [-0.2, 0) is 4.79 Å². The Labute approximate surface area is 95.1 Å². The molecule has 0 N–H and O–H groups in total. The number of hydrogen-bond donors (Lipinski definition) is 0. The lowest BCUT2D eigenvalue weighted by Gasteiger charge is -2.00. The van der Waals surface area contributed by atoms with Gasteiger partial charge in [-0.1, -0.05) is 60.7 Å². The molecule has 0 radical (unpaired) electrons. The molecule has 0 spiro atoms. The Kier molecular flexibility index (Phi) is 3.29. The van der Waals surface area contributed by atoms with E-state index in [0.29, 0.717) is 5.57 Å². The highest BCUT2D eigenvalue weighted by Crippen LogP contribution is 2.15. The Morgan fingerprint density at radius 1 is 0.812 bits per heavy atom. The third-order valence-electron chi connectivity index (χ3n) is 2.36. The second-order valence-corrected chi connectivity index (χ2v) is 3.49. The van der Waals surface area contributed by atoms with Crippen molar-refractivity contribution in [3.05, 3.63) is 71.8 Å². The summed E-state index contributed by atoms with van der Waals surface area (Å²) in [4.78, 5) is 11.0. The van der Waals surface area contributed by atoms with Gasteiger partial charge in [0, 0.05) is 5.57 Å². The summed E-state index contributed by atoms with van der Waals surface area (Å²) in [7, 11) is 0. The fourth-order valence-electron chi connectivity index (χ4n) is 1.54. The summed E-state index contributed by atoms with van der Waals surface area (Å²) in [6.45, 7) is 0. The van der Waals surface area contributed by atoms with Gasteiger partial charge in [-0.2, -0.15) is 0 Å². The summed E-state index contributed by atoms with van der Waals surface area (Å²) in [5, 5.41) is 0. The number of hydrogen-bond acceptors (Lipinski definition) is 1. The van der Waals surface area contributed by atoms with Crippen LogP contribution < -0.4 is 0 Å². The summed E-state index contributed by atoms with van der Waals surface area (Å²) in [5.74, 6) is 0. The Hall–Kier alpha value is -2.15. The average Bonchev–Trinajstić information content (AvgIpc) is 2.38. The zero-order chi connectivity index (χ0) is 11.2. The van der Waals surface area contributed by atoms with Gasteiger partial charge in [0.1, 0.15) is 0 Å². The Morgan fingerprint density at radius 3 is 1.94 bits per heavy atom. The van der Waals surface area contributed by atoms with E-state index in [-0.39, 0.29) is 0 Å². The van der Waals surface area contributed by atoms with Crippen molar-refractivity contribution in [2.45, 2.75) is 0 Å². The molecular weight excluding hydrogens is 196 g/mol. The topological polar surface area (TPSA) is 17.1 Å². The van der Waals surface area contributed by atoms with E-state index >= 15 is 0 Å². The molecule has 0 atom stereocenters. The van der Waals surface area contributed by atoms with E-state index in [1.54, 1.807) is 0 Å². The van der Waals surface area contributed by atoms with Gasteiger partial charge in [0.05, 0.1) is 0 Å². The molecule has 0 heterocycles. The number of aldehydes is 1. The second kappa shape index (κ2) is 5.08. The van der Waals surface area contributed by atoms with Crippen LogP contribution in [0.5, 0.6) is 0 Å². The maximum Gasteiger partial charge on any atom is 0.150 e. The number of allylic oxidation sites excluding steroid dienone is 1. The zero-order valence-electron chi connectivity index (χ0n) is 8.84. The van der Waals surface area contributed by atoms with E-state index in [2.05, 4.69) is 0 Å². The van der Waals surface area contributed by atoms with E-state index in [4.69, 9.17) is 0 Å². The monoisotopic (exact) mass is 208 g/mol. The van der Waals surface area contributed by atoms with Gasteiger partial charge in [0.2, 0.25) is 0 Å². The average molecular weight is 208 g/mol. The van der Waals surface area contributed by atoms with Crippen LogP contribution in [0.25, 0.3) is 11.6 Å². The van der Waals surface area contributed by atoms with Crippen LogP contribution >= 0.6 is 0 Å². The Balaban J connectivity index is 2.38. The molecule has 0 saturated carbocycles. The van der Waals surface area contributed by atoms with Crippen molar-refractivity contribution in [1.29, 1.82) is 0 Å². The maximum atomic E-state index is 11.0. The molecule has 2 aromatic rings. The van der Waals surface area contributed by atoms with Gasteiger partial charge in [0.25, 0.3) is 0 Å². The van der Waals surface area contributed by atoms with Crippen LogP contribution in [0.15, 0.2) is 60.7 Å². The van der Waals surface area contributed by atoms with Crippen LogP contribution in [0.3, 0.4) is 0 Å². The highest BCUT2D eigenvalue weighted by Gasteiger charge is 1.98. The molecule has 0 bridgehead atoms. The van der Waals surface area contributed by atoms with Gasteiger partial charge in [-0.3, -0.25) is 4.79 Å². The van der Waals surface area contributed by atoms with Crippen LogP contribution in [0, 0.1) is 0 Å². The fourth-order valence-corrected chi connectivity index (χ4v) is 1.54. The van der Waals surface area contributed by atoms with Crippen molar-refractivity contribution in [3.63, 3.8) is 0 Å². The molecule has 0 saturated heterocycles. The normalized spacial score (nSPS) is 11.1. The first-order valence-electron chi connectivity index (χ1n) is 5.17. The second-order valence-electron chi connectivity index (χ2n) is 3.49. The number of carbonyl (C=O) groups excluding carboxylic acids is 1. The van der Waals surface area contributed by atoms with Crippen LogP contribution in [0.2, 0.25) is 0 Å². The van der Waals surface area contributed by atoms with E-state index in [9.17, 15) is 4.79 Å². The summed E-state index contributed by atoms with van der Waals surface area (Å²) in [6, 6.07) is 19.5. The Morgan fingerprint density at radius 2 is 1.38 bits per heavy atom. The molecule has 16 heavy (non-hydrogen) atoms. The quantitative estimate of drug-likeness (QED) is 0.429. The molecule has 0 aromatic heterocycles. The summed E-state index contributed by atoms with van der Waals surface area (Å²) >= 11 is 0. The summed E-state index contributed by atoms with van der Waals surface area (Å²) < 4.78 is 0. The molecule has 0 aliphatic heterocycles. The van der Waals surface area contributed by atoms with Gasteiger partial charge in [-0.05, 0) is 17.2 Å². The molecule has 78 valence electrons. The number of carbonyl (C=O) groups is 1. The van der Waals surface area contributed by atoms with Crippen molar-refractivity contribution < 1.29 is 4.79 Å². The minimum absolute atomic E-state index is 0.701. The predicted molar refractivity (Wildman–Crippen MR) is 66.8 cm³/mol. The van der Waals surface area contributed by atoms with Crippen molar-refractivity contribution in [1.82, 2.24) is 0 Å². The van der Waals surface area contributed by atoms with Gasteiger partial charge in [0.15, 0.2) is 6.29 Å². The zero-order valence-corrected chi connectivity index (χ0v) is 8.84. The largest absolute Gasteiger partial charge is 0.298 e. The molecular formula is C15H12O. The maximum absolute atomic E-state index is 11.0. The minimum Gasteiger partial charge on any atom is -0.298 e. The third kappa shape index (κ3) is 2.45. The van der Waals surface area contributed by atoms with Gasteiger partial charge in [-0.25, -0.2) is 0 Å². The van der Waals surface area contributed by atoms with Gasteiger partial charge >= 0.3 is 0 Å². The van der Waals surface area contributed by atoms with Crippen molar-refractivity contribution in [3.8, 4) is 0 Å². The molecule has 0 aliphatic rings. The van der Waals surface area contributed by atoms with Crippen molar-refractivity contribution >= 4 is 17.9 Å².